The molecule has 0 radical (unpaired) electrons. The fourth-order valence-corrected chi connectivity index (χ4v) is 3.01. The van der Waals surface area contributed by atoms with Crippen LogP contribution in [0.4, 0.5) is 15.9 Å². The molecule has 1 aliphatic heterocycles. The van der Waals surface area contributed by atoms with E-state index in [4.69, 9.17) is 4.74 Å². The number of ether oxygens (including phenoxy) is 1. The summed E-state index contributed by atoms with van der Waals surface area (Å²) in [7, 11) is 0. The van der Waals surface area contributed by atoms with E-state index < -0.39 is 5.82 Å². The zero-order valence-electron chi connectivity index (χ0n) is 14.1. The number of nitrogens with one attached hydrogen (secondary N) is 1. The maximum Gasteiger partial charge on any atom is 0.255 e. The molecule has 0 bridgehead atoms. The fourth-order valence-electron chi connectivity index (χ4n) is 3.01. The Labute approximate surface area is 150 Å². The summed E-state index contributed by atoms with van der Waals surface area (Å²) in [6.45, 7) is 2.77. The van der Waals surface area contributed by atoms with Gasteiger partial charge in [-0.1, -0.05) is 18.2 Å². The van der Waals surface area contributed by atoms with Crippen LogP contribution in [0.2, 0.25) is 0 Å². The first-order valence-corrected chi connectivity index (χ1v) is 8.50. The number of carbonyl (C=O) groups is 1. The number of rotatable bonds is 3. The Morgan fingerprint density at radius 3 is 2.62 bits per heavy atom. The standard InChI is InChI=1S/C20H18FN3O2/c21-17-13-16(22-20(25)14-4-2-1-3-5-14)12-15-6-7-18(23-19(15)17)24-8-10-26-11-9-24/h1-7,12-13H,8-11H2,(H,22,25). The summed E-state index contributed by atoms with van der Waals surface area (Å²) in [6.07, 6.45) is 0. The van der Waals surface area contributed by atoms with Crippen molar-refractivity contribution in [2.24, 2.45) is 0 Å². The molecule has 6 heteroatoms. The van der Waals surface area contributed by atoms with E-state index in [2.05, 4.69) is 15.2 Å². The summed E-state index contributed by atoms with van der Waals surface area (Å²) in [5, 5.41) is 3.38. The van der Waals surface area contributed by atoms with Gasteiger partial charge in [0, 0.05) is 29.7 Å². The maximum atomic E-state index is 14.6. The van der Waals surface area contributed by atoms with Crippen molar-refractivity contribution >= 4 is 28.3 Å². The average molecular weight is 351 g/mol. The van der Waals surface area contributed by atoms with E-state index in [0.717, 1.165) is 18.9 Å². The summed E-state index contributed by atoms with van der Waals surface area (Å²) in [5.74, 6) is 0.00369. The number of hydrogen-bond donors (Lipinski definition) is 1. The highest BCUT2D eigenvalue weighted by Crippen LogP contribution is 2.25. The Morgan fingerprint density at radius 1 is 1.08 bits per heavy atom. The molecular weight excluding hydrogens is 333 g/mol. The van der Waals surface area contributed by atoms with Crippen LogP contribution in [0.15, 0.2) is 54.6 Å². The van der Waals surface area contributed by atoms with Crippen LogP contribution in [0.3, 0.4) is 0 Å². The van der Waals surface area contributed by atoms with Gasteiger partial charge in [-0.05, 0) is 36.4 Å². The van der Waals surface area contributed by atoms with Gasteiger partial charge < -0.3 is 15.0 Å². The lowest BCUT2D eigenvalue weighted by molar-refractivity contribution is 0.102. The van der Waals surface area contributed by atoms with Gasteiger partial charge in [-0.15, -0.1) is 0 Å². The highest BCUT2D eigenvalue weighted by atomic mass is 19.1. The predicted octanol–water partition coefficient (Wildman–Crippen LogP) is 3.46. The first kappa shape index (κ1) is 16.5. The zero-order chi connectivity index (χ0) is 17.9. The molecule has 0 aliphatic carbocycles. The van der Waals surface area contributed by atoms with E-state index in [0.29, 0.717) is 35.4 Å². The highest BCUT2D eigenvalue weighted by molar-refractivity contribution is 6.05. The zero-order valence-corrected chi connectivity index (χ0v) is 14.1. The predicted molar refractivity (Wildman–Crippen MR) is 99.1 cm³/mol. The largest absolute Gasteiger partial charge is 0.378 e. The van der Waals surface area contributed by atoms with Crippen LogP contribution < -0.4 is 10.2 Å². The number of amides is 1. The maximum absolute atomic E-state index is 14.6. The van der Waals surface area contributed by atoms with Gasteiger partial charge in [-0.3, -0.25) is 4.79 Å². The molecule has 1 saturated heterocycles. The van der Waals surface area contributed by atoms with Crippen LogP contribution in [-0.4, -0.2) is 37.2 Å². The Hall–Kier alpha value is -2.99. The molecule has 4 rings (SSSR count). The second-order valence-corrected chi connectivity index (χ2v) is 6.12. The van der Waals surface area contributed by atoms with E-state index in [1.807, 2.05) is 18.2 Å². The van der Waals surface area contributed by atoms with E-state index in [9.17, 15) is 9.18 Å². The number of anilines is 2. The Balaban J connectivity index is 1.61. The number of benzene rings is 2. The lowest BCUT2D eigenvalue weighted by Crippen LogP contribution is -2.36. The van der Waals surface area contributed by atoms with Crippen molar-refractivity contribution in [2.75, 3.05) is 36.5 Å². The quantitative estimate of drug-likeness (QED) is 0.785. The van der Waals surface area contributed by atoms with Crippen molar-refractivity contribution < 1.29 is 13.9 Å². The summed E-state index contributed by atoms with van der Waals surface area (Å²) < 4.78 is 19.9. The first-order chi connectivity index (χ1) is 12.7. The third-order valence-electron chi connectivity index (χ3n) is 4.36. The van der Waals surface area contributed by atoms with Crippen LogP contribution >= 0.6 is 0 Å². The third-order valence-corrected chi connectivity index (χ3v) is 4.36. The molecule has 1 N–H and O–H groups in total. The van der Waals surface area contributed by atoms with E-state index in [1.54, 1.807) is 30.3 Å². The number of nitrogens with zero attached hydrogens (tertiary/aromatic N) is 2. The van der Waals surface area contributed by atoms with Gasteiger partial charge in [0.05, 0.1) is 13.2 Å². The molecule has 1 amide bonds. The Kier molecular flexibility index (Phi) is 4.50. The van der Waals surface area contributed by atoms with Crippen molar-refractivity contribution in [1.29, 1.82) is 0 Å². The molecule has 0 spiro atoms. The van der Waals surface area contributed by atoms with Gasteiger partial charge in [0.1, 0.15) is 11.3 Å². The smallest absolute Gasteiger partial charge is 0.255 e. The van der Waals surface area contributed by atoms with Crippen molar-refractivity contribution in [3.63, 3.8) is 0 Å². The topological polar surface area (TPSA) is 54.5 Å². The Bertz CT molecular complexity index is 940. The number of fused-ring (bicyclic) bond motifs is 1. The van der Waals surface area contributed by atoms with Crippen LogP contribution in [0.5, 0.6) is 0 Å². The van der Waals surface area contributed by atoms with Crippen LogP contribution in [-0.2, 0) is 4.74 Å². The molecule has 2 heterocycles. The molecule has 26 heavy (non-hydrogen) atoms. The van der Waals surface area contributed by atoms with Crippen molar-refractivity contribution in [2.45, 2.75) is 0 Å². The number of pyridine rings is 1. The minimum absolute atomic E-state index is 0.276. The van der Waals surface area contributed by atoms with Gasteiger partial charge in [0.25, 0.3) is 5.91 Å². The van der Waals surface area contributed by atoms with Crippen molar-refractivity contribution in [3.05, 3.63) is 66.0 Å². The fraction of sp³-hybridized carbons (Fsp3) is 0.200. The van der Waals surface area contributed by atoms with Gasteiger partial charge >= 0.3 is 0 Å². The summed E-state index contributed by atoms with van der Waals surface area (Å²) in [4.78, 5) is 18.8. The van der Waals surface area contributed by atoms with E-state index in [-0.39, 0.29) is 5.91 Å². The summed E-state index contributed by atoms with van der Waals surface area (Å²) in [5.41, 5.74) is 1.23. The van der Waals surface area contributed by atoms with Gasteiger partial charge in [-0.2, -0.15) is 0 Å². The van der Waals surface area contributed by atoms with Crippen LogP contribution in [0, 0.1) is 5.82 Å². The van der Waals surface area contributed by atoms with E-state index in [1.165, 1.54) is 6.07 Å². The average Bonchev–Trinajstić information content (AvgIpc) is 2.69. The number of halogens is 1. The lowest BCUT2D eigenvalue weighted by atomic mass is 10.1. The number of hydrogen-bond acceptors (Lipinski definition) is 4. The summed E-state index contributed by atoms with van der Waals surface area (Å²) in [6, 6.07) is 15.6. The second-order valence-electron chi connectivity index (χ2n) is 6.12. The molecule has 0 saturated carbocycles. The number of aromatic nitrogens is 1. The van der Waals surface area contributed by atoms with Crippen LogP contribution in [0.25, 0.3) is 10.9 Å². The lowest BCUT2D eigenvalue weighted by Gasteiger charge is -2.28. The van der Waals surface area contributed by atoms with Crippen molar-refractivity contribution in [1.82, 2.24) is 4.98 Å². The number of carbonyl (C=O) groups excluding carboxylic acids is 1. The SMILES string of the molecule is O=C(Nc1cc(F)c2nc(N3CCOCC3)ccc2c1)c1ccccc1. The molecule has 2 aromatic carbocycles. The molecule has 1 fully saturated rings. The molecular formula is C20H18FN3O2. The first-order valence-electron chi connectivity index (χ1n) is 8.50. The molecule has 0 atom stereocenters. The molecule has 1 aromatic heterocycles. The van der Waals surface area contributed by atoms with Crippen LogP contribution in [0.1, 0.15) is 10.4 Å². The molecule has 132 valence electrons. The molecule has 0 unspecified atom stereocenters. The normalized spacial score (nSPS) is 14.4. The molecule has 5 nitrogen and oxygen atoms in total. The minimum Gasteiger partial charge on any atom is -0.378 e. The number of morpholine rings is 1. The van der Waals surface area contributed by atoms with Gasteiger partial charge in [0.15, 0.2) is 5.82 Å². The van der Waals surface area contributed by atoms with Gasteiger partial charge in [0.2, 0.25) is 0 Å². The third kappa shape index (κ3) is 3.36. The highest BCUT2D eigenvalue weighted by Gasteiger charge is 2.15. The Morgan fingerprint density at radius 2 is 1.85 bits per heavy atom. The minimum atomic E-state index is -0.457. The second kappa shape index (κ2) is 7.09. The van der Waals surface area contributed by atoms with Crippen molar-refractivity contribution in [3.8, 4) is 0 Å². The van der Waals surface area contributed by atoms with Gasteiger partial charge in [-0.25, -0.2) is 9.37 Å². The molecule has 1 aliphatic rings. The summed E-state index contributed by atoms with van der Waals surface area (Å²) >= 11 is 0. The van der Waals surface area contributed by atoms with E-state index >= 15 is 0 Å². The molecule has 3 aromatic rings. The monoisotopic (exact) mass is 351 g/mol.